The molecule has 21 heavy (non-hydrogen) atoms. The molecule has 0 saturated carbocycles. The van der Waals surface area contributed by atoms with Crippen LogP contribution in [0.25, 0.3) is 11.3 Å². The van der Waals surface area contributed by atoms with Gasteiger partial charge in [-0.1, -0.05) is 5.16 Å². The van der Waals surface area contributed by atoms with Crippen LogP contribution in [0.5, 0.6) is 5.75 Å². The number of methoxy groups -OCH3 is 1. The highest BCUT2D eigenvalue weighted by Gasteiger charge is 2.14. The summed E-state index contributed by atoms with van der Waals surface area (Å²) in [7, 11) is 1.60. The predicted octanol–water partition coefficient (Wildman–Crippen LogP) is 3.06. The molecule has 6 nitrogen and oxygen atoms in total. The van der Waals surface area contributed by atoms with E-state index in [0.29, 0.717) is 10.9 Å². The monoisotopic (exact) mass is 301 g/mol. The van der Waals surface area contributed by atoms with Gasteiger partial charge >= 0.3 is 0 Å². The van der Waals surface area contributed by atoms with E-state index in [2.05, 4.69) is 15.5 Å². The predicted molar refractivity (Wildman–Crippen MR) is 78.6 cm³/mol. The molecule has 0 saturated heterocycles. The van der Waals surface area contributed by atoms with E-state index in [1.165, 1.54) is 11.3 Å². The summed E-state index contributed by atoms with van der Waals surface area (Å²) in [5, 5.41) is 8.72. The lowest BCUT2D eigenvalue weighted by Crippen LogP contribution is -2.11. The molecule has 3 rings (SSSR count). The van der Waals surface area contributed by atoms with Crippen molar-refractivity contribution in [1.82, 2.24) is 10.1 Å². The minimum atomic E-state index is -0.353. The molecular formula is C14H11N3O3S. The summed E-state index contributed by atoms with van der Waals surface area (Å²) in [5.74, 6) is 0.912. The maximum atomic E-state index is 12.0. The normalized spacial score (nSPS) is 10.3. The van der Waals surface area contributed by atoms with Crippen molar-refractivity contribution in [2.75, 3.05) is 12.4 Å². The van der Waals surface area contributed by atoms with E-state index in [9.17, 15) is 4.79 Å². The molecule has 7 heteroatoms. The van der Waals surface area contributed by atoms with Crippen LogP contribution < -0.4 is 10.1 Å². The Morgan fingerprint density at radius 2 is 2.14 bits per heavy atom. The Labute approximate surface area is 124 Å². The summed E-state index contributed by atoms with van der Waals surface area (Å²) in [6.45, 7) is 0. The van der Waals surface area contributed by atoms with Gasteiger partial charge in [0.05, 0.1) is 7.11 Å². The van der Waals surface area contributed by atoms with Crippen LogP contribution in [0, 0.1) is 0 Å². The van der Waals surface area contributed by atoms with Crippen LogP contribution in [0.1, 0.15) is 10.5 Å². The third-order valence-electron chi connectivity index (χ3n) is 2.77. The zero-order valence-electron chi connectivity index (χ0n) is 11.1. The Hall–Kier alpha value is -2.67. The minimum absolute atomic E-state index is 0.205. The fourth-order valence-electron chi connectivity index (χ4n) is 1.72. The highest BCUT2D eigenvalue weighted by Crippen LogP contribution is 2.23. The molecule has 2 heterocycles. The average Bonchev–Trinajstić information content (AvgIpc) is 3.18. The van der Waals surface area contributed by atoms with Gasteiger partial charge in [0.25, 0.3) is 5.91 Å². The number of thiazole rings is 1. The van der Waals surface area contributed by atoms with Gasteiger partial charge in [0, 0.05) is 23.2 Å². The second-order valence-electron chi connectivity index (χ2n) is 4.10. The molecular weight excluding hydrogens is 290 g/mol. The van der Waals surface area contributed by atoms with E-state index in [1.807, 2.05) is 24.3 Å². The Morgan fingerprint density at radius 1 is 1.33 bits per heavy atom. The lowest BCUT2D eigenvalue weighted by Gasteiger charge is -1.99. The van der Waals surface area contributed by atoms with Gasteiger partial charge in [-0.15, -0.1) is 11.3 Å². The number of amides is 1. The third kappa shape index (κ3) is 2.92. The molecule has 0 fully saturated rings. The van der Waals surface area contributed by atoms with Crippen LogP contribution in [0.15, 0.2) is 46.4 Å². The van der Waals surface area contributed by atoms with E-state index in [0.717, 1.165) is 11.3 Å². The van der Waals surface area contributed by atoms with Crippen molar-refractivity contribution in [1.29, 1.82) is 0 Å². The second kappa shape index (κ2) is 5.76. The first-order valence-electron chi connectivity index (χ1n) is 6.08. The molecule has 0 aliphatic carbocycles. The smallest absolute Gasteiger partial charge is 0.279 e. The van der Waals surface area contributed by atoms with Crippen molar-refractivity contribution < 1.29 is 14.1 Å². The van der Waals surface area contributed by atoms with Crippen molar-refractivity contribution in [2.45, 2.75) is 0 Å². The number of nitrogens with zero attached hydrogens (tertiary/aromatic N) is 2. The first-order chi connectivity index (χ1) is 10.3. The summed E-state index contributed by atoms with van der Waals surface area (Å²) >= 11 is 1.34. The number of rotatable bonds is 4. The average molecular weight is 301 g/mol. The number of ether oxygens (including phenoxy) is 1. The van der Waals surface area contributed by atoms with E-state index >= 15 is 0 Å². The number of carbonyl (C=O) groups is 1. The number of hydrogen-bond acceptors (Lipinski definition) is 6. The van der Waals surface area contributed by atoms with Gasteiger partial charge in [-0.2, -0.15) is 0 Å². The largest absolute Gasteiger partial charge is 0.497 e. The summed E-state index contributed by atoms with van der Waals surface area (Å²) < 4.78 is 10.3. The zero-order chi connectivity index (χ0) is 14.7. The van der Waals surface area contributed by atoms with Crippen molar-refractivity contribution >= 4 is 22.4 Å². The molecule has 2 aromatic heterocycles. The van der Waals surface area contributed by atoms with Crippen LogP contribution in [-0.2, 0) is 0 Å². The maximum absolute atomic E-state index is 12.0. The van der Waals surface area contributed by atoms with E-state index in [-0.39, 0.29) is 11.6 Å². The number of carbonyl (C=O) groups excluding carboxylic acids is 1. The molecule has 1 aromatic carbocycles. The fourth-order valence-corrected chi connectivity index (χ4v) is 2.24. The Bertz CT molecular complexity index is 735. The molecule has 1 amide bonds. The topological polar surface area (TPSA) is 77.2 Å². The van der Waals surface area contributed by atoms with Crippen molar-refractivity contribution in [3.63, 3.8) is 0 Å². The zero-order valence-corrected chi connectivity index (χ0v) is 11.9. The van der Waals surface area contributed by atoms with Crippen LogP contribution in [-0.4, -0.2) is 23.2 Å². The maximum Gasteiger partial charge on any atom is 0.279 e. The summed E-state index contributed by atoms with van der Waals surface area (Å²) in [6.07, 6.45) is 1.62. The Morgan fingerprint density at radius 3 is 2.81 bits per heavy atom. The molecule has 0 bridgehead atoms. The Balaban J connectivity index is 1.77. The number of benzene rings is 1. The molecule has 0 unspecified atom stereocenters. The number of nitrogens with one attached hydrogen (secondary N) is 1. The highest BCUT2D eigenvalue weighted by atomic mass is 32.1. The Kier molecular flexibility index (Phi) is 3.65. The number of aromatic nitrogens is 2. The highest BCUT2D eigenvalue weighted by molar-refractivity contribution is 7.13. The second-order valence-corrected chi connectivity index (χ2v) is 4.99. The minimum Gasteiger partial charge on any atom is -0.497 e. The molecule has 1 N–H and O–H groups in total. The van der Waals surface area contributed by atoms with Gasteiger partial charge in [0.15, 0.2) is 16.6 Å². The van der Waals surface area contributed by atoms with Gasteiger partial charge in [0.2, 0.25) is 0 Å². The third-order valence-corrected chi connectivity index (χ3v) is 3.46. The molecule has 0 spiro atoms. The van der Waals surface area contributed by atoms with Crippen LogP contribution in [0.4, 0.5) is 5.13 Å². The van der Waals surface area contributed by atoms with Gasteiger partial charge in [-0.3, -0.25) is 10.1 Å². The van der Waals surface area contributed by atoms with E-state index < -0.39 is 0 Å². The SMILES string of the molecule is COc1ccc(-c2cc(C(=O)Nc3nccs3)no2)cc1. The summed E-state index contributed by atoms with van der Waals surface area (Å²) in [4.78, 5) is 16.0. The molecule has 0 radical (unpaired) electrons. The van der Waals surface area contributed by atoms with Gasteiger partial charge in [0.1, 0.15) is 5.75 Å². The van der Waals surface area contributed by atoms with Crippen molar-refractivity contribution in [3.8, 4) is 17.1 Å². The first-order valence-corrected chi connectivity index (χ1v) is 6.96. The van der Waals surface area contributed by atoms with Crippen LogP contribution in [0.2, 0.25) is 0 Å². The number of anilines is 1. The van der Waals surface area contributed by atoms with Gasteiger partial charge in [-0.05, 0) is 24.3 Å². The van der Waals surface area contributed by atoms with Gasteiger partial charge < -0.3 is 9.26 Å². The molecule has 3 aromatic rings. The molecule has 106 valence electrons. The van der Waals surface area contributed by atoms with Crippen LogP contribution in [0.3, 0.4) is 0 Å². The molecule has 0 aliphatic rings. The van der Waals surface area contributed by atoms with E-state index in [1.54, 1.807) is 24.8 Å². The van der Waals surface area contributed by atoms with E-state index in [4.69, 9.17) is 9.26 Å². The first kappa shape index (κ1) is 13.3. The standard InChI is InChI=1S/C14H11N3O3S/c1-19-10-4-2-9(3-5-10)12-8-11(17-20-12)13(18)16-14-15-6-7-21-14/h2-8H,1H3,(H,15,16,18). The lowest BCUT2D eigenvalue weighted by atomic mass is 10.1. The van der Waals surface area contributed by atoms with Crippen molar-refractivity contribution in [3.05, 3.63) is 47.6 Å². The quantitative estimate of drug-likeness (QED) is 0.801. The fraction of sp³-hybridized carbons (Fsp3) is 0.0714. The lowest BCUT2D eigenvalue weighted by molar-refractivity contribution is 0.101. The molecule has 0 aliphatic heterocycles. The number of hydrogen-bond donors (Lipinski definition) is 1. The van der Waals surface area contributed by atoms with Gasteiger partial charge in [-0.25, -0.2) is 4.98 Å². The summed E-state index contributed by atoms with van der Waals surface area (Å²) in [5.41, 5.74) is 1.02. The molecule has 0 atom stereocenters. The van der Waals surface area contributed by atoms with Crippen molar-refractivity contribution in [2.24, 2.45) is 0 Å². The van der Waals surface area contributed by atoms with Crippen LogP contribution >= 0.6 is 11.3 Å². The summed E-state index contributed by atoms with van der Waals surface area (Å²) in [6, 6.07) is 8.88.